The van der Waals surface area contributed by atoms with Crippen LogP contribution in [0.4, 0.5) is 15.4 Å². The van der Waals surface area contributed by atoms with Gasteiger partial charge in [-0.15, -0.1) is 0 Å². The van der Waals surface area contributed by atoms with Crippen molar-refractivity contribution < 1.29 is 33.0 Å². The summed E-state index contributed by atoms with van der Waals surface area (Å²) >= 11 is 0. The van der Waals surface area contributed by atoms with Gasteiger partial charge in [0.15, 0.2) is 0 Å². The third kappa shape index (κ3) is 2.74. The average Bonchev–Trinajstić information content (AvgIpc) is 3.03. The molecular weight excluding hydrogens is 382 g/mol. The van der Waals surface area contributed by atoms with Crippen LogP contribution in [0.15, 0.2) is 11.4 Å². The molecule has 12 nitrogen and oxygen atoms in total. The smallest absolute Gasteiger partial charge is 0.409 e. The van der Waals surface area contributed by atoms with Crippen LogP contribution in [-0.2, 0) is 21.2 Å². The van der Waals surface area contributed by atoms with Crippen molar-refractivity contribution in [1.82, 2.24) is 19.8 Å². The molecule has 27 heavy (non-hydrogen) atoms. The molecule has 2 aliphatic heterocycles. The highest BCUT2D eigenvalue weighted by Gasteiger charge is 2.58. The number of aliphatic carboxylic acids is 1. The van der Waals surface area contributed by atoms with Crippen LogP contribution in [0.3, 0.4) is 0 Å². The number of hydrogen-bond donors (Lipinski definition) is 2. The SMILES string of the molecule is CN1C(=O)N(C2(C(=O)O)CCCN2C(=O)O)Cc2cnc(S(C)(=O)=O)nc21. The molecule has 2 N–H and O–H groups in total. The van der Waals surface area contributed by atoms with Gasteiger partial charge in [-0.05, 0) is 6.42 Å². The van der Waals surface area contributed by atoms with E-state index in [9.17, 15) is 33.0 Å². The molecule has 0 saturated carbocycles. The molecule has 0 spiro atoms. The second kappa shape index (κ2) is 6.04. The summed E-state index contributed by atoms with van der Waals surface area (Å²) in [7, 11) is -2.40. The largest absolute Gasteiger partial charge is 0.478 e. The van der Waals surface area contributed by atoms with Crippen molar-refractivity contribution in [2.75, 3.05) is 24.7 Å². The van der Waals surface area contributed by atoms with Gasteiger partial charge < -0.3 is 10.2 Å². The molecule has 0 bridgehead atoms. The van der Waals surface area contributed by atoms with Crippen LogP contribution >= 0.6 is 0 Å². The Hall–Kier alpha value is -2.96. The second-order valence-electron chi connectivity index (χ2n) is 6.36. The van der Waals surface area contributed by atoms with Gasteiger partial charge in [0.2, 0.25) is 20.7 Å². The molecule has 146 valence electrons. The standard InChI is InChI=1S/C14H17N5O7S/c1-17-9-8(6-15-11(16-9)27(2,25)26)7-19(12(17)22)14(10(20)21)4-3-5-18(14)13(23)24/h6H,3-5,7H2,1-2H3,(H,20,21)(H,23,24). The second-order valence-corrected chi connectivity index (χ2v) is 8.27. The van der Waals surface area contributed by atoms with E-state index in [1.807, 2.05) is 0 Å². The summed E-state index contributed by atoms with van der Waals surface area (Å²) in [5.74, 6) is -1.42. The van der Waals surface area contributed by atoms with Gasteiger partial charge in [0.1, 0.15) is 5.82 Å². The number of carboxylic acid groups (broad SMARTS) is 2. The Morgan fingerprint density at radius 1 is 1.30 bits per heavy atom. The first-order chi connectivity index (χ1) is 12.5. The van der Waals surface area contributed by atoms with Crippen molar-refractivity contribution in [3.63, 3.8) is 0 Å². The number of nitrogens with zero attached hydrogens (tertiary/aromatic N) is 5. The van der Waals surface area contributed by atoms with E-state index >= 15 is 0 Å². The topological polar surface area (TPSA) is 161 Å². The zero-order valence-electron chi connectivity index (χ0n) is 14.5. The average molecular weight is 399 g/mol. The summed E-state index contributed by atoms with van der Waals surface area (Å²) in [6, 6.07) is -0.795. The highest BCUT2D eigenvalue weighted by molar-refractivity contribution is 7.90. The molecule has 13 heteroatoms. The minimum absolute atomic E-state index is 0.0223. The molecule has 1 aromatic rings. The Bertz CT molecular complexity index is 949. The fourth-order valence-electron chi connectivity index (χ4n) is 3.44. The fourth-order valence-corrected chi connectivity index (χ4v) is 3.93. The molecule has 3 rings (SSSR count). The Balaban J connectivity index is 2.11. The van der Waals surface area contributed by atoms with Crippen LogP contribution in [0.1, 0.15) is 18.4 Å². The molecule has 1 aromatic heterocycles. The first-order valence-electron chi connectivity index (χ1n) is 7.85. The highest BCUT2D eigenvalue weighted by atomic mass is 32.2. The van der Waals surface area contributed by atoms with Crippen LogP contribution < -0.4 is 4.90 Å². The van der Waals surface area contributed by atoms with Gasteiger partial charge in [-0.3, -0.25) is 14.7 Å². The van der Waals surface area contributed by atoms with Gasteiger partial charge in [0, 0.05) is 38.0 Å². The number of anilines is 1. The molecule has 0 aromatic carbocycles. The van der Waals surface area contributed by atoms with Crippen LogP contribution in [0.5, 0.6) is 0 Å². The van der Waals surface area contributed by atoms with Gasteiger partial charge in [-0.2, -0.15) is 0 Å². The molecular formula is C14H17N5O7S. The first kappa shape index (κ1) is 18.8. The molecule has 1 saturated heterocycles. The lowest BCUT2D eigenvalue weighted by molar-refractivity contribution is -0.159. The zero-order valence-corrected chi connectivity index (χ0v) is 15.3. The molecule has 2 aliphatic rings. The Kier molecular flexibility index (Phi) is 4.21. The number of fused-ring (bicyclic) bond motifs is 1. The molecule has 0 aliphatic carbocycles. The molecule has 3 heterocycles. The van der Waals surface area contributed by atoms with Gasteiger partial charge in [0.05, 0.1) is 6.54 Å². The lowest BCUT2D eigenvalue weighted by Crippen LogP contribution is -2.67. The summed E-state index contributed by atoms with van der Waals surface area (Å²) in [6.07, 6.45) is 0.896. The quantitative estimate of drug-likeness (QED) is 0.656. The normalized spacial score (nSPS) is 22.7. The minimum Gasteiger partial charge on any atom is -0.478 e. The van der Waals surface area contributed by atoms with Crippen molar-refractivity contribution >= 4 is 33.7 Å². The molecule has 1 unspecified atom stereocenters. The lowest BCUT2D eigenvalue weighted by Gasteiger charge is -2.45. The van der Waals surface area contributed by atoms with E-state index in [1.165, 1.54) is 13.2 Å². The summed E-state index contributed by atoms with van der Waals surface area (Å²) in [5.41, 5.74) is -1.74. The Labute approximate surface area is 153 Å². The van der Waals surface area contributed by atoms with E-state index in [1.54, 1.807) is 0 Å². The predicted molar refractivity (Wildman–Crippen MR) is 88.8 cm³/mol. The number of carbonyl (C=O) groups excluding carboxylic acids is 1. The molecule has 1 atom stereocenters. The fraction of sp³-hybridized carbons (Fsp3) is 0.500. The molecule has 3 amide bonds. The third-order valence-corrected chi connectivity index (χ3v) is 5.55. The maximum atomic E-state index is 12.9. The summed E-state index contributed by atoms with van der Waals surface area (Å²) < 4.78 is 23.3. The number of carbonyl (C=O) groups is 3. The summed E-state index contributed by atoms with van der Waals surface area (Å²) in [5, 5.41) is 18.8. The van der Waals surface area contributed by atoms with Crippen LogP contribution in [0, 0.1) is 0 Å². The Morgan fingerprint density at radius 2 is 1.96 bits per heavy atom. The number of urea groups is 1. The molecule has 1 fully saturated rings. The van der Waals surface area contributed by atoms with Crippen LogP contribution in [-0.4, -0.2) is 82.0 Å². The van der Waals surface area contributed by atoms with E-state index in [0.717, 1.165) is 21.0 Å². The number of likely N-dealkylation sites (tertiary alicyclic amines) is 1. The van der Waals surface area contributed by atoms with Gasteiger partial charge >= 0.3 is 18.1 Å². The third-order valence-electron chi connectivity index (χ3n) is 4.69. The molecule has 0 radical (unpaired) electrons. The first-order valence-corrected chi connectivity index (χ1v) is 9.74. The number of aromatic nitrogens is 2. The highest BCUT2D eigenvalue weighted by Crippen LogP contribution is 2.38. The Morgan fingerprint density at radius 3 is 2.52 bits per heavy atom. The number of carboxylic acids is 1. The van der Waals surface area contributed by atoms with Crippen LogP contribution in [0.2, 0.25) is 0 Å². The zero-order chi connectivity index (χ0) is 20.1. The summed E-state index contributed by atoms with van der Waals surface area (Å²) in [4.78, 5) is 46.8. The maximum Gasteiger partial charge on any atom is 0.409 e. The van der Waals surface area contributed by atoms with E-state index in [2.05, 4.69) is 9.97 Å². The number of sulfone groups is 1. The lowest BCUT2D eigenvalue weighted by atomic mass is 10.0. The van der Waals surface area contributed by atoms with Crippen molar-refractivity contribution in [2.45, 2.75) is 30.2 Å². The number of hydrogen-bond acceptors (Lipinski definition) is 7. The number of rotatable bonds is 3. The van der Waals surface area contributed by atoms with Gasteiger partial charge in [0.25, 0.3) is 0 Å². The summed E-state index contributed by atoms with van der Waals surface area (Å²) in [6.45, 7) is -0.288. The van der Waals surface area contributed by atoms with E-state index in [0.29, 0.717) is 5.56 Å². The van der Waals surface area contributed by atoms with Crippen molar-refractivity contribution in [2.24, 2.45) is 0 Å². The van der Waals surface area contributed by atoms with Gasteiger partial charge in [-0.25, -0.2) is 32.8 Å². The monoisotopic (exact) mass is 399 g/mol. The van der Waals surface area contributed by atoms with E-state index in [4.69, 9.17) is 0 Å². The van der Waals surface area contributed by atoms with Gasteiger partial charge in [-0.1, -0.05) is 0 Å². The van der Waals surface area contributed by atoms with E-state index in [-0.39, 0.29) is 31.7 Å². The minimum atomic E-state index is -3.71. The predicted octanol–water partition coefficient (Wildman–Crippen LogP) is -0.193. The van der Waals surface area contributed by atoms with Crippen molar-refractivity contribution in [1.29, 1.82) is 0 Å². The number of amides is 3. The van der Waals surface area contributed by atoms with Crippen LogP contribution in [0.25, 0.3) is 0 Å². The van der Waals surface area contributed by atoms with Crippen molar-refractivity contribution in [3.05, 3.63) is 11.8 Å². The van der Waals surface area contributed by atoms with E-state index < -0.39 is 38.8 Å². The van der Waals surface area contributed by atoms with Crippen molar-refractivity contribution in [3.8, 4) is 0 Å². The maximum absolute atomic E-state index is 12.9.